The number of ether oxygens (including phenoxy) is 3. The number of hydrogen-bond acceptors (Lipinski definition) is 4. The molecule has 0 saturated carbocycles. The molecule has 0 aromatic heterocycles. The zero-order valence-corrected chi connectivity index (χ0v) is 13.4. The van der Waals surface area contributed by atoms with Gasteiger partial charge in [-0.2, -0.15) is 0 Å². The zero-order valence-electron chi connectivity index (χ0n) is 13.4. The van der Waals surface area contributed by atoms with E-state index in [-0.39, 0.29) is 0 Å². The number of benzene rings is 1. The van der Waals surface area contributed by atoms with Crippen molar-refractivity contribution in [1.29, 1.82) is 0 Å². The number of nitrogens with one attached hydrogen (secondary N) is 2. The summed E-state index contributed by atoms with van der Waals surface area (Å²) in [6.45, 7) is 5.53. The van der Waals surface area contributed by atoms with Gasteiger partial charge in [0, 0.05) is 33.4 Å². The Balaban J connectivity index is 1.77. The Morgan fingerprint density at radius 3 is 2.95 bits per heavy atom. The van der Waals surface area contributed by atoms with Crippen molar-refractivity contribution in [1.82, 2.24) is 10.6 Å². The Labute approximate surface area is 131 Å². The summed E-state index contributed by atoms with van der Waals surface area (Å²) in [7, 11) is 1.71. The SMILES string of the molecule is CCNC(=NCCCOC)NCCc1ccc2c(c1)OCO2. The maximum absolute atomic E-state index is 5.39. The van der Waals surface area contributed by atoms with Gasteiger partial charge in [0.2, 0.25) is 6.79 Å². The van der Waals surface area contributed by atoms with E-state index in [4.69, 9.17) is 14.2 Å². The van der Waals surface area contributed by atoms with E-state index in [1.165, 1.54) is 5.56 Å². The summed E-state index contributed by atoms with van der Waals surface area (Å²) in [5.74, 6) is 2.50. The number of hydrogen-bond donors (Lipinski definition) is 2. The van der Waals surface area contributed by atoms with Gasteiger partial charge in [0.25, 0.3) is 0 Å². The van der Waals surface area contributed by atoms with Crippen LogP contribution in [0.3, 0.4) is 0 Å². The molecule has 1 aromatic rings. The first-order valence-electron chi connectivity index (χ1n) is 7.73. The second kappa shape index (κ2) is 9.15. The van der Waals surface area contributed by atoms with E-state index in [1.54, 1.807) is 7.11 Å². The third-order valence-corrected chi connectivity index (χ3v) is 3.26. The zero-order chi connectivity index (χ0) is 15.6. The fourth-order valence-corrected chi connectivity index (χ4v) is 2.16. The van der Waals surface area contributed by atoms with Gasteiger partial charge in [-0.3, -0.25) is 4.99 Å². The number of rotatable bonds is 8. The van der Waals surface area contributed by atoms with Gasteiger partial charge in [-0.15, -0.1) is 0 Å². The first-order valence-corrected chi connectivity index (χ1v) is 7.73. The highest BCUT2D eigenvalue weighted by Gasteiger charge is 2.12. The Hall–Kier alpha value is -1.95. The smallest absolute Gasteiger partial charge is 0.231 e. The molecule has 0 aliphatic carbocycles. The Morgan fingerprint density at radius 2 is 2.14 bits per heavy atom. The van der Waals surface area contributed by atoms with Crippen LogP contribution in [0, 0.1) is 0 Å². The molecule has 6 heteroatoms. The highest BCUT2D eigenvalue weighted by atomic mass is 16.7. The second-order valence-corrected chi connectivity index (χ2v) is 4.97. The van der Waals surface area contributed by atoms with Crippen LogP contribution in [0.5, 0.6) is 11.5 Å². The van der Waals surface area contributed by atoms with Crippen molar-refractivity contribution in [3.05, 3.63) is 23.8 Å². The van der Waals surface area contributed by atoms with E-state index in [2.05, 4.69) is 28.6 Å². The number of fused-ring (bicyclic) bond motifs is 1. The van der Waals surface area contributed by atoms with Crippen molar-refractivity contribution < 1.29 is 14.2 Å². The van der Waals surface area contributed by atoms with E-state index in [1.807, 2.05) is 12.1 Å². The Morgan fingerprint density at radius 1 is 1.27 bits per heavy atom. The number of methoxy groups -OCH3 is 1. The van der Waals surface area contributed by atoms with Gasteiger partial charge in [0.15, 0.2) is 17.5 Å². The molecule has 0 unspecified atom stereocenters. The van der Waals surface area contributed by atoms with Crippen LogP contribution in [-0.4, -0.2) is 46.1 Å². The van der Waals surface area contributed by atoms with Gasteiger partial charge in [-0.25, -0.2) is 0 Å². The average molecular weight is 307 g/mol. The largest absolute Gasteiger partial charge is 0.454 e. The van der Waals surface area contributed by atoms with Crippen LogP contribution in [0.4, 0.5) is 0 Å². The molecule has 1 aromatic carbocycles. The normalized spacial score (nSPS) is 13.3. The maximum Gasteiger partial charge on any atom is 0.231 e. The molecule has 22 heavy (non-hydrogen) atoms. The van der Waals surface area contributed by atoms with E-state index >= 15 is 0 Å². The topological polar surface area (TPSA) is 64.1 Å². The summed E-state index contributed by atoms with van der Waals surface area (Å²) in [6.07, 6.45) is 1.83. The van der Waals surface area contributed by atoms with Crippen LogP contribution >= 0.6 is 0 Å². The molecule has 0 fully saturated rings. The minimum Gasteiger partial charge on any atom is -0.454 e. The van der Waals surface area contributed by atoms with Crippen LogP contribution in [-0.2, 0) is 11.2 Å². The van der Waals surface area contributed by atoms with E-state index in [0.717, 1.165) is 56.5 Å². The van der Waals surface area contributed by atoms with Crippen LogP contribution in [0.2, 0.25) is 0 Å². The second-order valence-electron chi connectivity index (χ2n) is 4.97. The Bertz CT molecular complexity index is 492. The van der Waals surface area contributed by atoms with Crippen LogP contribution in [0.25, 0.3) is 0 Å². The van der Waals surface area contributed by atoms with Crippen LogP contribution < -0.4 is 20.1 Å². The van der Waals surface area contributed by atoms with Crippen molar-refractivity contribution in [2.45, 2.75) is 19.8 Å². The number of aliphatic imine (C=N–C) groups is 1. The fourth-order valence-electron chi connectivity index (χ4n) is 2.16. The molecule has 1 heterocycles. The highest BCUT2D eigenvalue weighted by Crippen LogP contribution is 2.32. The molecule has 0 bridgehead atoms. The summed E-state index contributed by atoms with van der Waals surface area (Å²) >= 11 is 0. The van der Waals surface area contributed by atoms with E-state index < -0.39 is 0 Å². The highest BCUT2D eigenvalue weighted by molar-refractivity contribution is 5.79. The van der Waals surface area contributed by atoms with Gasteiger partial charge in [-0.05, 0) is 37.5 Å². The monoisotopic (exact) mass is 307 g/mol. The summed E-state index contributed by atoms with van der Waals surface area (Å²) in [6, 6.07) is 6.06. The van der Waals surface area contributed by atoms with Crippen LogP contribution in [0.1, 0.15) is 18.9 Å². The predicted octanol–water partition coefficient (Wildman–Crippen LogP) is 1.55. The van der Waals surface area contributed by atoms with Gasteiger partial charge in [-0.1, -0.05) is 6.07 Å². The molecule has 0 amide bonds. The lowest BCUT2D eigenvalue weighted by atomic mass is 10.1. The molecular formula is C16H25N3O3. The summed E-state index contributed by atoms with van der Waals surface area (Å²) in [5.41, 5.74) is 1.21. The molecule has 1 aliphatic rings. The first kappa shape index (κ1) is 16.4. The van der Waals surface area contributed by atoms with Crippen molar-refractivity contribution >= 4 is 5.96 Å². The molecule has 122 valence electrons. The van der Waals surface area contributed by atoms with E-state index in [9.17, 15) is 0 Å². The summed E-state index contributed by atoms with van der Waals surface area (Å²) in [4.78, 5) is 4.51. The molecule has 0 atom stereocenters. The molecular weight excluding hydrogens is 282 g/mol. The van der Waals surface area contributed by atoms with Gasteiger partial charge in [0.05, 0.1) is 0 Å². The van der Waals surface area contributed by atoms with Gasteiger partial charge in [0.1, 0.15) is 0 Å². The standard InChI is InChI=1S/C16H25N3O3/c1-3-17-16(18-8-4-10-20-2)19-9-7-13-5-6-14-15(11-13)22-12-21-14/h5-6,11H,3-4,7-10,12H2,1-2H3,(H2,17,18,19). The van der Waals surface area contributed by atoms with Crippen molar-refractivity contribution in [2.24, 2.45) is 4.99 Å². The Kier molecular flexibility index (Phi) is 6.83. The van der Waals surface area contributed by atoms with Gasteiger partial charge < -0.3 is 24.8 Å². The first-order chi connectivity index (χ1) is 10.8. The lowest BCUT2D eigenvalue weighted by molar-refractivity contribution is 0.174. The minimum atomic E-state index is 0.315. The molecule has 0 spiro atoms. The van der Waals surface area contributed by atoms with Crippen molar-refractivity contribution in [3.63, 3.8) is 0 Å². The predicted molar refractivity (Wildman–Crippen MR) is 86.7 cm³/mol. The molecule has 0 radical (unpaired) electrons. The molecule has 6 nitrogen and oxygen atoms in total. The quantitative estimate of drug-likeness (QED) is 0.433. The summed E-state index contributed by atoms with van der Waals surface area (Å²) < 4.78 is 15.7. The van der Waals surface area contributed by atoms with E-state index in [0.29, 0.717) is 6.79 Å². The third kappa shape index (κ3) is 5.11. The molecule has 2 rings (SSSR count). The van der Waals surface area contributed by atoms with Crippen LogP contribution in [0.15, 0.2) is 23.2 Å². The lowest BCUT2D eigenvalue weighted by Crippen LogP contribution is -2.38. The fraction of sp³-hybridized carbons (Fsp3) is 0.562. The molecule has 0 saturated heterocycles. The maximum atomic E-state index is 5.39. The minimum absolute atomic E-state index is 0.315. The lowest BCUT2D eigenvalue weighted by Gasteiger charge is -2.11. The van der Waals surface area contributed by atoms with Crippen molar-refractivity contribution in [2.75, 3.05) is 40.1 Å². The molecule has 1 aliphatic heterocycles. The third-order valence-electron chi connectivity index (χ3n) is 3.26. The number of nitrogens with zero attached hydrogens (tertiary/aromatic N) is 1. The summed E-state index contributed by atoms with van der Waals surface area (Å²) in [5, 5.41) is 6.58. The van der Waals surface area contributed by atoms with Crippen molar-refractivity contribution in [3.8, 4) is 11.5 Å². The average Bonchev–Trinajstić information content (AvgIpc) is 2.99. The molecule has 2 N–H and O–H groups in total. The number of guanidine groups is 1. The van der Waals surface area contributed by atoms with Gasteiger partial charge >= 0.3 is 0 Å².